The summed E-state index contributed by atoms with van der Waals surface area (Å²) in [6.45, 7) is 0.623. The van der Waals surface area contributed by atoms with Crippen molar-refractivity contribution in [1.82, 2.24) is 15.3 Å². The van der Waals surface area contributed by atoms with Gasteiger partial charge >= 0.3 is 0 Å². The minimum absolute atomic E-state index is 0.0570. The second-order valence-electron chi connectivity index (χ2n) is 4.24. The van der Waals surface area contributed by atoms with Crippen molar-refractivity contribution < 1.29 is 4.79 Å². The Bertz CT molecular complexity index is 499. The third kappa shape index (κ3) is 4.87. The molecule has 0 aliphatic carbocycles. The van der Waals surface area contributed by atoms with Gasteiger partial charge in [0, 0.05) is 43.2 Å². The van der Waals surface area contributed by atoms with Gasteiger partial charge in [-0.3, -0.25) is 14.8 Å². The molecule has 2 aromatic rings. The number of carbonyl (C=O) groups is 1. The highest BCUT2D eigenvalue weighted by Gasteiger charge is 2.02. The average molecular weight is 255 g/mol. The number of hydrogen-bond donors (Lipinski definition) is 1. The zero-order chi connectivity index (χ0) is 13.3. The van der Waals surface area contributed by atoms with Crippen LogP contribution in [-0.2, 0) is 17.6 Å². The molecule has 0 aliphatic rings. The predicted octanol–water partition coefficient (Wildman–Crippen LogP) is 1.77. The van der Waals surface area contributed by atoms with Crippen LogP contribution in [0.2, 0.25) is 0 Å². The molecule has 0 unspecified atom stereocenters. The Morgan fingerprint density at radius 3 is 2.16 bits per heavy atom. The van der Waals surface area contributed by atoms with Gasteiger partial charge in [0.2, 0.25) is 5.91 Å². The molecule has 2 aromatic heterocycles. The van der Waals surface area contributed by atoms with E-state index >= 15 is 0 Å². The summed E-state index contributed by atoms with van der Waals surface area (Å²) in [5.41, 5.74) is 1.94. The molecule has 0 saturated carbocycles. The standard InChI is InChI=1S/C15H17N3O/c19-15(8-7-13-5-1-3-10-16-13)18-12-9-14-6-2-4-11-17-14/h1-6,10-11H,7-9,12H2,(H,18,19). The van der Waals surface area contributed by atoms with E-state index in [1.54, 1.807) is 12.4 Å². The molecule has 0 saturated heterocycles. The van der Waals surface area contributed by atoms with Gasteiger partial charge in [0.25, 0.3) is 0 Å². The van der Waals surface area contributed by atoms with E-state index < -0.39 is 0 Å². The predicted molar refractivity (Wildman–Crippen MR) is 73.5 cm³/mol. The molecule has 98 valence electrons. The minimum atomic E-state index is 0.0570. The monoisotopic (exact) mass is 255 g/mol. The van der Waals surface area contributed by atoms with E-state index in [1.165, 1.54) is 0 Å². The maximum absolute atomic E-state index is 11.6. The molecular weight excluding hydrogens is 238 g/mol. The molecule has 1 N–H and O–H groups in total. The second-order valence-corrected chi connectivity index (χ2v) is 4.24. The largest absolute Gasteiger partial charge is 0.356 e. The molecule has 19 heavy (non-hydrogen) atoms. The normalized spacial score (nSPS) is 10.1. The van der Waals surface area contributed by atoms with Crippen LogP contribution in [0.4, 0.5) is 0 Å². The number of pyridine rings is 2. The smallest absolute Gasteiger partial charge is 0.220 e. The highest BCUT2D eigenvalue weighted by Crippen LogP contribution is 1.98. The van der Waals surface area contributed by atoms with Crippen molar-refractivity contribution >= 4 is 5.91 Å². The lowest BCUT2D eigenvalue weighted by Crippen LogP contribution is -2.26. The van der Waals surface area contributed by atoms with Gasteiger partial charge in [0.15, 0.2) is 0 Å². The van der Waals surface area contributed by atoms with E-state index in [0.29, 0.717) is 19.4 Å². The number of aromatic nitrogens is 2. The topological polar surface area (TPSA) is 54.9 Å². The Hall–Kier alpha value is -2.23. The van der Waals surface area contributed by atoms with E-state index in [4.69, 9.17) is 0 Å². The summed E-state index contributed by atoms with van der Waals surface area (Å²) in [4.78, 5) is 20.0. The SMILES string of the molecule is O=C(CCc1ccccn1)NCCc1ccccn1. The molecule has 0 radical (unpaired) electrons. The fourth-order valence-electron chi connectivity index (χ4n) is 1.75. The highest BCUT2D eigenvalue weighted by molar-refractivity contribution is 5.76. The van der Waals surface area contributed by atoms with Crippen LogP contribution in [-0.4, -0.2) is 22.4 Å². The van der Waals surface area contributed by atoms with Gasteiger partial charge in [-0.2, -0.15) is 0 Å². The number of nitrogens with one attached hydrogen (secondary N) is 1. The number of nitrogens with zero attached hydrogens (tertiary/aromatic N) is 2. The summed E-state index contributed by atoms with van der Waals surface area (Å²) in [5, 5.41) is 2.89. The number of hydrogen-bond acceptors (Lipinski definition) is 3. The second kappa shape index (κ2) is 7.26. The van der Waals surface area contributed by atoms with Crippen molar-refractivity contribution in [3.63, 3.8) is 0 Å². The zero-order valence-electron chi connectivity index (χ0n) is 10.7. The first-order valence-corrected chi connectivity index (χ1v) is 6.41. The van der Waals surface area contributed by atoms with Crippen LogP contribution in [0.25, 0.3) is 0 Å². The Kier molecular flexibility index (Phi) is 5.05. The van der Waals surface area contributed by atoms with Gasteiger partial charge in [-0.05, 0) is 30.7 Å². The van der Waals surface area contributed by atoms with Crippen LogP contribution >= 0.6 is 0 Å². The van der Waals surface area contributed by atoms with Crippen LogP contribution in [0, 0.1) is 0 Å². The minimum Gasteiger partial charge on any atom is -0.356 e. The van der Waals surface area contributed by atoms with Gasteiger partial charge < -0.3 is 5.32 Å². The number of aryl methyl sites for hydroxylation is 1. The molecule has 0 atom stereocenters. The van der Waals surface area contributed by atoms with Gasteiger partial charge in [0.05, 0.1) is 0 Å². The van der Waals surface area contributed by atoms with Crippen LogP contribution in [0.15, 0.2) is 48.8 Å². The summed E-state index contributed by atoms with van der Waals surface area (Å²) in [6.07, 6.45) is 5.41. The van der Waals surface area contributed by atoms with E-state index in [1.807, 2.05) is 36.4 Å². The molecule has 2 heterocycles. The fourth-order valence-corrected chi connectivity index (χ4v) is 1.75. The molecule has 4 heteroatoms. The highest BCUT2D eigenvalue weighted by atomic mass is 16.1. The van der Waals surface area contributed by atoms with Crippen molar-refractivity contribution in [2.75, 3.05) is 6.54 Å². The van der Waals surface area contributed by atoms with Gasteiger partial charge in [0.1, 0.15) is 0 Å². The molecular formula is C15H17N3O. The van der Waals surface area contributed by atoms with E-state index in [9.17, 15) is 4.79 Å². The van der Waals surface area contributed by atoms with Crippen LogP contribution in [0.3, 0.4) is 0 Å². The molecule has 0 aliphatic heterocycles. The third-order valence-electron chi connectivity index (χ3n) is 2.76. The first kappa shape index (κ1) is 13.2. The lowest BCUT2D eigenvalue weighted by molar-refractivity contribution is -0.121. The molecule has 1 amide bonds. The maximum atomic E-state index is 11.6. The molecule has 0 fully saturated rings. The van der Waals surface area contributed by atoms with Crippen molar-refractivity contribution in [2.45, 2.75) is 19.3 Å². The molecule has 4 nitrogen and oxygen atoms in total. The Balaban J connectivity index is 1.65. The van der Waals surface area contributed by atoms with Crippen molar-refractivity contribution in [1.29, 1.82) is 0 Å². The number of amides is 1. The van der Waals surface area contributed by atoms with E-state index in [-0.39, 0.29) is 5.91 Å². The first-order chi connectivity index (χ1) is 9.34. The molecule has 2 rings (SSSR count). The lowest BCUT2D eigenvalue weighted by Gasteiger charge is -2.04. The lowest BCUT2D eigenvalue weighted by atomic mass is 10.2. The van der Waals surface area contributed by atoms with Crippen LogP contribution < -0.4 is 5.32 Å². The van der Waals surface area contributed by atoms with Gasteiger partial charge in [-0.25, -0.2) is 0 Å². The third-order valence-corrected chi connectivity index (χ3v) is 2.76. The molecule has 0 spiro atoms. The average Bonchev–Trinajstić information content (AvgIpc) is 2.47. The summed E-state index contributed by atoms with van der Waals surface area (Å²) in [6, 6.07) is 11.5. The Morgan fingerprint density at radius 2 is 1.58 bits per heavy atom. The molecule has 0 aromatic carbocycles. The van der Waals surface area contributed by atoms with Crippen LogP contribution in [0.5, 0.6) is 0 Å². The quantitative estimate of drug-likeness (QED) is 0.856. The van der Waals surface area contributed by atoms with Gasteiger partial charge in [-0.15, -0.1) is 0 Å². The van der Waals surface area contributed by atoms with E-state index in [0.717, 1.165) is 17.8 Å². The van der Waals surface area contributed by atoms with Crippen molar-refractivity contribution in [2.24, 2.45) is 0 Å². The number of rotatable bonds is 6. The number of carbonyl (C=O) groups excluding carboxylic acids is 1. The van der Waals surface area contributed by atoms with Crippen molar-refractivity contribution in [3.8, 4) is 0 Å². The molecule has 0 bridgehead atoms. The Labute approximate surface area is 112 Å². The van der Waals surface area contributed by atoms with E-state index in [2.05, 4.69) is 15.3 Å². The summed E-state index contributed by atoms with van der Waals surface area (Å²) in [5.74, 6) is 0.0570. The zero-order valence-corrected chi connectivity index (χ0v) is 10.7. The Morgan fingerprint density at radius 1 is 0.947 bits per heavy atom. The van der Waals surface area contributed by atoms with Crippen LogP contribution in [0.1, 0.15) is 17.8 Å². The first-order valence-electron chi connectivity index (χ1n) is 6.41. The fraction of sp³-hybridized carbons (Fsp3) is 0.267. The van der Waals surface area contributed by atoms with Crippen molar-refractivity contribution in [3.05, 3.63) is 60.2 Å². The summed E-state index contributed by atoms with van der Waals surface area (Å²) >= 11 is 0. The summed E-state index contributed by atoms with van der Waals surface area (Å²) < 4.78 is 0. The van der Waals surface area contributed by atoms with Gasteiger partial charge in [-0.1, -0.05) is 12.1 Å². The maximum Gasteiger partial charge on any atom is 0.220 e. The summed E-state index contributed by atoms with van der Waals surface area (Å²) in [7, 11) is 0.